The predicted octanol–water partition coefficient (Wildman–Crippen LogP) is 5.11. The first-order chi connectivity index (χ1) is 24.6. The molecule has 3 fully saturated rings. The highest BCUT2D eigenvalue weighted by molar-refractivity contribution is 7.90. The number of benzene rings is 2. The van der Waals surface area contributed by atoms with Crippen molar-refractivity contribution in [3.63, 3.8) is 0 Å². The first-order valence-corrected chi connectivity index (χ1v) is 21.4. The van der Waals surface area contributed by atoms with Crippen LogP contribution in [-0.2, 0) is 31.5 Å². The second-order valence-corrected chi connectivity index (χ2v) is 19.7. The number of aryl methyl sites for hydroxylation is 1. The van der Waals surface area contributed by atoms with Crippen LogP contribution in [0.3, 0.4) is 0 Å². The molecular formula is C38H55N5O7S2. The minimum absolute atomic E-state index is 0.0620. The van der Waals surface area contributed by atoms with Crippen molar-refractivity contribution in [3.05, 3.63) is 53.1 Å². The SMILES string of the molecule is COc1ccc(-c2c(C3CCCCC3)c3ccc(C(=O)NS(=O)(=O)N4CCOCC4)cc3n2CC(C)(C)S(=O)(=O)N2C[C@@H](C)N(C)[C@@H](C)C2)c(C)c1. The van der Waals surface area contributed by atoms with Gasteiger partial charge in [0.25, 0.3) is 5.91 Å². The molecule has 0 bridgehead atoms. The van der Waals surface area contributed by atoms with Crippen LogP contribution in [0.5, 0.6) is 5.75 Å². The normalized spacial score (nSPS) is 22.1. The van der Waals surface area contributed by atoms with Crippen LogP contribution in [0.2, 0.25) is 0 Å². The zero-order chi connectivity index (χ0) is 37.6. The molecule has 0 radical (unpaired) electrons. The highest BCUT2D eigenvalue weighted by Crippen LogP contribution is 2.46. The van der Waals surface area contributed by atoms with Crippen molar-refractivity contribution < 1.29 is 31.1 Å². The summed E-state index contributed by atoms with van der Waals surface area (Å²) in [5, 5.41) is 0.944. The topological polar surface area (TPSA) is 130 Å². The molecule has 2 atom stereocenters. The number of likely N-dealkylation sites (N-methyl/N-ethyl adjacent to an activating group) is 1. The van der Waals surface area contributed by atoms with Crippen molar-refractivity contribution in [2.24, 2.45) is 0 Å². The largest absolute Gasteiger partial charge is 0.497 e. The zero-order valence-corrected chi connectivity index (χ0v) is 33.3. The molecule has 2 aliphatic heterocycles. The second-order valence-electron chi connectivity index (χ2n) is 15.5. The molecule has 14 heteroatoms. The fourth-order valence-corrected chi connectivity index (χ4v) is 11.1. The number of sulfonamides is 1. The Morgan fingerprint density at radius 1 is 0.942 bits per heavy atom. The third-order valence-electron chi connectivity index (χ3n) is 11.5. The summed E-state index contributed by atoms with van der Waals surface area (Å²) in [6.45, 7) is 11.5. The van der Waals surface area contributed by atoms with Gasteiger partial charge in [-0.2, -0.15) is 17.0 Å². The molecule has 6 rings (SSSR count). The summed E-state index contributed by atoms with van der Waals surface area (Å²) in [5.41, 5.74) is 4.91. The molecule has 0 spiro atoms. The predicted molar refractivity (Wildman–Crippen MR) is 205 cm³/mol. The number of methoxy groups -OCH3 is 1. The van der Waals surface area contributed by atoms with Gasteiger partial charge < -0.3 is 14.0 Å². The van der Waals surface area contributed by atoms with Crippen LogP contribution in [-0.4, -0.2) is 111 Å². The smallest absolute Gasteiger partial charge is 0.304 e. The van der Waals surface area contributed by atoms with E-state index in [0.717, 1.165) is 59.2 Å². The number of nitrogens with zero attached hydrogens (tertiary/aromatic N) is 4. The number of hydrogen-bond donors (Lipinski definition) is 1. The zero-order valence-electron chi connectivity index (χ0n) is 31.6. The Morgan fingerprint density at radius 2 is 1.60 bits per heavy atom. The molecule has 12 nitrogen and oxygen atoms in total. The lowest BCUT2D eigenvalue weighted by molar-refractivity contribution is 0.0719. The van der Waals surface area contributed by atoms with E-state index in [2.05, 4.69) is 28.0 Å². The maximum atomic E-state index is 14.7. The molecule has 286 valence electrons. The fraction of sp³-hybridized carbons (Fsp3) is 0.605. The highest BCUT2D eigenvalue weighted by atomic mass is 32.2. The van der Waals surface area contributed by atoms with E-state index in [0.29, 0.717) is 18.6 Å². The monoisotopic (exact) mass is 757 g/mol. The second kappa shape index (κ2) is 15.0. The van der Waals surface area contributed by atoms with E-state index in [1.165, 1.54) is 10.7 Å². The van der Waals surface area contributed by atoms with Gasteiger partial charge >= 0.3 is 10.2 Å². The van der Waals surface area contributed by atoms with Crippen LogP contribution < -0.4 is 9.46 Å². The number of aromatic nitrogens is 1. The number of piperazine rings is 1. The number of nitrogens with one attached hydrogen (secondary N) is 1. The molecule has 1 aromatic heterocycles. The van der Waals surface area contributed by atoms with Gasteiger partial charge in [-0.15, -0.1) is 0 Å². The lowest BCUT2D eigenvalue weighted by Gasteiger charge is -2.44. The van der Waals surface area contributed by atoms with Crippen molar-refractivity contribution in [1.29, 1.82) is 0 Å². The van der Waals surface area contributed by atoms with E-state index in [9.17, 15) is 21.6 Å². The average molecular weight is 758 g/mol. The van der Waals surface area contributed by atoms with Crippen LogP contribution in [0.25, 0.3) is 22.2 Å². The Kier molecular flexibility index (Phi) is 11.2. The minimum atomic E-state index is -4.10. The first kappa shape index (κ1) is 38.7. The van der Waals surface area contributed by atoms with Gasteiger partial charge in [0.1, 0.15) is 5.75 Å². The summed E-state index contributed by atoms with van der Waals surface area (Å²) in [7, 11) is -4.25. The molecule has 1 amide bonds. The molecule has 3 aromatic rings. The van der Waals surface area contributed by atoms with Gasteiger partial charge in [0.15, 0.2) is 0 Å². The van der Waals surface area contributed by atoms with Crippen LogP contribution in [0.15, 0.2) is 36.4 Å². The van der Waals surface area contributed by atoms with Gasteiger partial charge in [0.05, 0.1) is 30.8 Å². The van der Waals surface area contributed by atoms with E-state index in [1.54, 1.807) is 37.4 Å². The first-order valence-electron chi connectivity index (χ1n) is 18.5. The number of hydrogen-bond acceptors (Lipinski definition) is 8. The third-order valence-corrected chi connectivity index (χ3v) is 15.5. The number of ether oxygens (including phenoxy) is 2. The lowest BCUT2D eigenvalue weighted by Crippen LogP contribution is -2.59. The molecule has 1 aliphatic carbocycles. The van der Waals surface area contributed by atoms with Gasteiger partial charge in [0.2, 0.25) is 10.0 Å². The molecule has 52 heavy (non-hydrogen) atoms. The molecule has 2 aromatic carbocycles. The minimum Gasteiger partial charge on any atom is -0.497 e. The van der Waals surface area contributed by atoms with Gasteiger partial charge in [-0.3, -0.25) is 9.69 Å². The summed E-state index contributed by atoms with van der Waals surface area (Å²) in [5.74, 6) is 0.217. The Morgan fingerprint density at radius 3 is 2.21 bits per heavy atom. The van der Waals surface area contributed by atoms with Gasteiger partial charge in [0, 0.05) is 66.8 Å². The number of rotatable bonds is 10. The summed E-state index contributed by atoms with van der Waals surface area (Å²) in [6, 6.07) is 11.4. The molecule has 2 saturated heterocycles. The average Bonchev–Trinajstić information content (AvgIpc) is 3.42. The summed E-state index contributed by atoms with van der Waals surface area (Å²) in [4.78, 5) is 15.9. The molecule has 3 heterocycles. The van der Waals surface area contributed by atoms with Crippen molar-refractivity contribution in [3.8, 4) is 17.0 Å². The molecule has 1 saturated carbocycles. The molecule has 3 aliphatic rings. The third kappa shape index (κ3) is 7.39. The number of amides is 1. The van der Waals surface area contributed by atoms with Gasteiger partial charge in [-0.1, -0.05) is 25.3 Å². The van der Waals surface area contributed by atoms with Crippen molar-refractivity contribution in [2.45, 2.75) is 96.0 Å². The van der Waals surface area contributed by atoms with Crippen LogP contribution >= 0.6 is 0 Å². The Labute approximate surface area is 309 Å². The summed E-state index contributed by atoms with van der Waals surface area (Å²) >= 11 is 0. The van der Waals surface area contributed by atoms with Gasteiger partial charge in [-0.05, 0) is 102 Å². The van der Waals surface area contributed by atoms with E-state index in [-0.39, 0.29) is 56.4 Å². The Bertz CT molecular complexity index is 2000. The number of carbonyl (C=O) groups is 1. The Hall–Kier alpha value is -3.01. The van der Waals surface area contributed by atoms with Gasteiger partial charge in [-0.25, -0.2) is 13.1 Å². The van der Waals surface area contributed by atoms with E-state index in [1.807, 2.05) is 38.2 Å². The summed E-state index contributed by atoms with van der Waals surface area (Å²) in [6.07, 6.45) is 5.36. The molecular weight excluding hydrogens is 703 g/mol. The van der Waals surface area contributed by atoms with Crippen molar-refractivity contribution in [1.82, 2.24) is 22.8 Å². The van der Waals surface area contributed by atoms with Crippen LogP contribution in [0, 0.1) is 6.92 Å². The molecule has 1 N–H and O–H groups in total. The maximum absolute atomic E-state index is 14.7. The van der Waals surface area contributed by atoms with Crippen molar-refractivity contribution >= 4 is 37.0 Å². The number of carbonyl (C=O) groups excluding carboxylic acids is 1. The Balaban J connectivity index is 1.52. The number of morpholine rings is 1. The maximum Gasteiger partial charge on any atom is 0.304 e. The fourth-order valence-electron chi connectivity index (χ4n) is 8.20. The lowest BCUT2D eigenvalue weighted by atomic mass is 9.81. The standard InChI is InChI=1S/C38H55N5O7S2/c1-26-21-31(49-7)14-16-32(26)36-35(29-11-9-8-10-12-29)33-15-13-30(37(44)39-52(47,48)41-17-19-50-20-18-41)22-34(33)43(36)25-38(4,5)51(45,46)42-23-27(2)40(6)28(3)24-42/h13-16,21-22,27-29H,8-12,17-20,23-25H2,1-7H3,(H,39,44)/t27-,28+. The quantitative estimate of drug-likeness (QED) is 0.302. The highest BCUT2D eigenvalue weighted by Gasteiger charge is 2.44. The van der Waals surface area contributed by atoms with E-state index < -0.39 is 30.9 Å². The van der Waals surface area contributed by atoms with Crippen molar-refractivity contribution in [2.75, 3.05) is 53.6 Å². The number of fused-ring (bicyclic) bond motifs is 1. The molecule has 0 unspecified atom stereocenters. The van der Waals surface area contributed by atoms with Crippen LogP contribution in [0.4, 0.5) is 0 Å². The van der Waals surface area contributed by atoms with E-state index in [4.69, 9.17) is 9.47 Å². The van der Waals surface area contributed by atoms with Crippen LogP contribution in [0.1, 0.15) is 87.2 Å². The van der Waals surface area contributed by atoms with E-state index >= 15 is 0 Å². The summed E-state index contributed by atoms with van der Waals surface area (Å²) < 4.78 is 72.6.